The van der Waals surface area contributed by atoms with E-state index in [0.717, 1.165) is 37.0 Å². The summed E-state index contributed by atoms with van der Waals surface area (Å²) in [5.41, 5.74) is 11.7. The summed E-state index contributed by atoms with van der Waals surface area (Å²) in [4.78, 5) is 0. The van der Waals surface area contributed by atoms with Crippen molar-refractivity contribution in [3.63, 3.8) is 0 Å². The van der Waals surface area contributed by atoms with Crippen LogP contribution in [0.4, 0.5) is 0 Å². The van der Waals surface area contributed by atoms with Gasteiger partial charge in [-0.15, -0.1) is 0 Å². The van der Waals surface area contributed by atoms with E-state index < -0.39 is 16.1 Å². The maximum Gasteiger partial charge on any atom is 0.106 e. The fourth-order valence-electron chi connectivity index (χ4n) is 6.48. The predicted octanol–water partition coefficient (Wildman–Crippen LogP) is 10.6. The van der Waals surface area contributed by atoms with Crippen LogP contribution < -0.4 is 0 Å². The molecule has 0 spiro atoms. The van der Waals surface area contributed by atoms with Gasteiger partial charge in [0.15, 0.2) is 0 Å². The van der Waals surface area contributed by atoms with Gasteiger partial charge in [-0.3, -0.25) is 0 Å². The third kappa shape index (κ3) is 4.92. The van der Waals surface area contributed by atoms with E-state index in [4.69, 9.17) is 0 Å². The molecule has 38 heavy (non-hydrogen) atoms. The second-order valence-electron chi connectivity index (χ2n) is 11.8. The molecule has 0 aliphatic carbocycles. The quantitative estimate of drug-likeness (QED) is 0.253. The molecule has 0 aromatic heterocycles. The zero-order valence-corrected chi connectivity index (χ0v) is 25.9. The van der Waals surface area contributed by atoms with Crippen molar-refractivity contribution in [2.75, 3.05) is 0 Å². The maximum atomic E-state index is 9.32. The lowest BCUT2D eigenvalue weighted by molar-refractivity contribution is 0.935. The van der Waals surface area contributed by atoms with Gasteiger partial charge in [-0.2, -0.15) is 0 Å². The molecule has 194 valence electrons. The second-order valence-corrected chi connectivity index (χ2v) is 19.8. The van der Waals surface area contributed by atoms with Gasteiger partial charge < -0.3 is 0 Å². The van der Waals surface area contributed by atoms with Gasteiger partial charge in [0.25, 0.3) is 0 Å². The standard InChI is InChI=1S/C36H42Si2/c1-7-15-31-33(27-17-11-9-12-18-27)25-37(3,4)35(31)29-21-23-30(24-22-29)36-32(16-8-2)34(26-38(36,5)6)28-19-13-10-14-20-28/h9-14,17-26H,7-8,15-16H2,1-6H3/i25D,26D. The normalized spacial score (nSPS) is 19.4. The Morgan fingerprint density at radius 2 is 0.842 bits per heavy atom. The van der Waals surface area contributed by atoms with Crippen LogP contribution in [-0.2, 0) is 0 Å². The molecule has 0 unspecified atom stereocenters. The van der Waals surface area contributed by atoms with Crippen LogP contribution in [0, 0.1) is 0 Å². The number of rotatable bonds is 8. The molecule has 3 aromatic rings. The number of benzene rings is 3. The zero-order valence-electron chi connectivity index (χ0n) is 25.9. The minimum Gasteiger partial charge on any atom is -0.0821 e. The van der Waals surface area contributed by atoms with Gasteiger partial charge in [-0.05, 0) is 67.8 Å². The average Bonchev–Trinajstić information content (AvgIpc) is 3.27. The summed E-state index contributed by atoms with van der Waals surface area (Å²) >= 11 is 0. The van der Waals surface area contributed by atoms with E-state index in [2.05, 4.69) is 125 Å². The fourth-order valence-corrected chi connectivity index (χ4v) is 12.4. The van der Waals surface area contributed by atoms with Crippen LogP contribution in [0.2, 0.25) is 26.2 Å². The van der Waals surface area contributed by atoms with Gasteiger partial charge in [0.05, 0.1) is 2.74 Å². The highest BCUT2D eigenvalue weighted by molar-refractivity contribution is 7.01. The molecular formula is C36H42Si2. The van der Waals surface area contributed by atoms with E-state index in [1.807, 2.05) is 0 Å². The molecule has 2 aliphatic rings. The largest absolute Gasteiger partial charge is 0.106 e. The van der Waals surface area contributed by atoms with E-state index in [-0.39, 0.29) is 0 Å². The summed E-state index contributed by atoms with van der Waals surface area (Å²) in [6.45, 7) is 13.9. The molecule has 0 amide bonds. The molecule has 0 atom stereocenters. The molecule has 0 radical (unpaired) electrons. The molecule has 0 bridgehead atoms. The third-order valence-corrected chi connectivity index (χ3v) is 13.4. The fraction of sp³-hybridized carbons (Fsp3) is 0.278. The first-order valence-electron chi connectivity index (χ1n) is 15.3. The van der Waals surface area contributed by atoms with Gasteiger partial charge in [0.2, 0.25) is 0 Å². The lowest BCUT2D eigenvalue weighted by Gasteiger charge is -2.23. The maximum absolute atomic E-state index is 9.32. The van der Waals surface area contributed by atoms with Gasteiger partial charge in [-0.25, -0.2) is 0 Å². The van der Waals surface area contributed by atoms with E-state index in [0.29, 0.717) is 0 Å². The SMILES string of the molecule is [2H]C1=C(c2ccccc2)C(CCC)=C(c2ccc(C3=C(CCC)C(c4ccccc4)=C([2H])[Si]3(C)C)cc2)[Si]1(C)C. The Balaban J connectivity index is 1.63. The summed E-state index contributed by atoms with van der Waals surface area (Å²) in [5.74, 6) is 0. The summed E-state index contributed by atoms with van der Waals surface area (Å²) < 4.78 is 18.6. The molecule has 0 fully saturated rings. The second kappa shape index (κ2) is 10.7. The highest BCUT2D eigenvalue weighted by atomic mass is 28.3. The van der Waals surface area contributed by atoms with Crippen molar-refractivity contribution >= 4 is 37.7 Å². The Morgan fingerprint density at radius 1 is 0.500 bits per heavy atom. The van der Waals surface area contributed by atoms with Crippen molar-refractivity contribution in [2.24, 2.45) is 0 Å². The molecule has 5 rings (SSSR count). The van der Waals surface area contributed by atoms with Gasteiger partial charge in [0.1, 0.15) is 16.1 Å². The van der Waals surface area contributed by atoms with E-state index in [1.54, 1.807) is 0 Å². The molecule has 3 aromatic carbocycles. The van der Waals surface area contributed by atoms with Crippen molar-refractivity contribution in [2.45, 2.75) is 65.7 Å². The highest BCUT2D eigenvalue weighted by Crippen LogP contribution is 2.48. The molecule has 0 saturated carbocycles. The average molecular weight is 533 g/mol. The molecular weight excluding hydrogens is 489 g/mol. The third-order valence-electron chi connectivity index (χ3n) is 7.92. The molecule has 0 N–H and O–H groups in total. The minimum absolute atomic E-state index is 0.856. The zero-order chi connectivity index (χ0) is 28.7. The van der Waals surface area contributed by atoms with E-state index in [1.165, 1.54) is 54.9 Å². The minimum atomic E-state index is -2.15. The Bertz CT molecular complexity index is 1420. The van der Waals surface area contributed by atoms with Crippen LogP contribution in [0.15, 0.2) is 107 Å². The van der Waals surface area contributed by atoms with Crippen LogP contribution >= 0.6 is 0 Å². The van der Waals surface area contributed by atoms with Crippen LogP contribution in [0.25, 0.3) is 21.5 Å². The predicted molar refractivity (Wildman–Crippen MR) is 174 cm³/mol. The Labute approximate surface area is 235 Å². The van der Waals surface area contributed by atoms with Gasteiger partial charge >= 0.3 is 0 Å². The van der Waals surface area contributed by atoms with Crippen LogP contribution in [0.5, 0.6) is 0 Å². The topological polar surface area (TPSA) is 0 Å². The van der Waals surface area contributed by atoms with Crippen molar-refractivity contribution in [3.05, 3.63) is 130 Å². The number of allylic oxidation sites excluding steroid dienone is 4. The summed E-state index contributed by atoms with van der Waals surface area (Å²) in [5, 5.41) is 2.86. The Morgan fingerprint density at radius 3 is 1.16 bits per heavy atom. The number of hydrogen-bond acceptors (Lipinski definition) is 0. The summed E-state index contributed by atoms with van der Waals surface area (Å²) in [6, 6.07) is 30.4. The first-order valence-corrected chi connectivity index (χ1v) is 20.3. The van der Waals surface area contributed by atoms with Crippen molar-refractivity contribution in [3.8, 4) is 0 Å². The first-order chi connectivity index (χ1) is 19.1. The highest BCUT2D eigenvalue weighted by Gasteiger charge is 2.37. The Kier molecular flexibility index (Phi) is 6.77. The van der Waals surface area contributed by atoms with Crippen LogP contribution in [0.1, 0.15) is 64.5 Å². The monoisotopic (exact) mass is 532 g/mol. The van der Waals surface area contributed by atoms with Crippen molar-refractivity contribution in [1.29, 1.82) is 0 Å². The van der Waals surface area contributed by atoms with Gasteiger partial charge in [-0.1, -0.05) is 149 Å². The number of hydrogen-bond donors (Lipinski definition) is 0. The van der Waals surface area contributed by atoms with Crippen LogP contribution in [0.3, 0.4) is 0 Å². The van der Waals surface area contributed by atoms with Gasteiger partial charge in [0, 0.05) is 0 Å². The summed E-state index contributed by atoms with van der Waals surface area (Å²) in [6.07, 6.45) is 4.13. The first kappa shape index (κ1) is 24.1. The molecule has 2 heteroatoms. The molecule has 0 nitrogen and oxygen atoms in total. The molecule has 2 heterocycles. The van der Waals surface area contributed by atoms with E-state index >= 15 is 0 Å². The Hall–Kier alpha value is -2.95. The van der Waals surface area contributed by atoms with Crippen LogP contribution in [-0.4, -0.2) is 16.1 Å². The van der Waals surface area contributed by atoms with Crippen molar-refractivity contribution < 1.29 is 2.74 Å². The molecule has 2 aliphatic heterocycles. The molecule has 0 saturated heterocycles. The lowest BCUT2D eigenvalue weighted by atomic mass is 9.93. The van der Waals surface area contributed by atoms with Crippen molar-refractivity contribution in [1.82, 2.24) is 0 Å². The van der Waals surface area contributed by atoms with E-state index in [9.17, 15) is 2.74 Å². The lowest BCUT2D eigenvalue weighted by Crippen LogP contribution is -2.24. The smallest absolute Gasteiger partial charge is 0.0821 e. The summed E-state index contributed by atoms with van der Waals surface area (Å²) in [7, 11) is -4.29.